The van der Waals surface area contributed by atoms with Crippen LogP contribution in [0.25, 0.3) is 5.57 Å². The average molecular weight is 231 g/mol. The first-order valence-electron chi connectivity index (χ1n) is 5.31. The smallest absolute Gasteiger partial charge is 0.111 e. The van der Waals surface area contributed by atoms with E-state index in [9.17, 15) is 8.78 Å². The third-order valence-corrected chi connectivity index (χ3v) is 2.54. The van der Waals surface area contributed by atoms with Gasteiger partial charge in [0, 0.05) is 23.5 Å². The summed E-state index contributed by atoms with van der Waals surface area (Å²) in [5.41, 5.74) is 1.91. The fourth-order valence-electron chi connectivity index (χ4n) is 1.74. The van der Waals surface area contributed by atoms with Gasteiger partial charge in [-0.2, -0.15) is 0 Å². The van der Waals surface area contributed by atoms with E-state index in [-0.39, 0.29) is 12.8 Å². The Labute approximate surface area is 98.9 Å². The summed E-state index contributed by atoms with van der Waals surface area (Å²) < 4.78 is 26.5. The van der Waals surface area contributed by atoms with Crippen molar-refractivity contribution in [3.63, 3.8) is 0 Å². The van der Waals surface area contributed by atoms with Crippen molar-refractivity contribution in [2.24, 2.45) is 0 Å². The van der Waals surface area contributed by atoms with Gasteiger partial charge >= 0.3 is 0 Å². The minimum Gasteiger partial charge on any atom is -0.263 e. The van der Waals surface area contributed by atoms with Crippen LogP contribution in [0.15, 0.2) is 36.2 Å². The van der Waals surface area contributed by atoms with Gasteiger partial charge in [0.25, 0.3) is 0 Å². The second kappa shape index (κ2) is 4.92. The van der Waals surface area contributed by atoms with Crippen LogP contribution in [0, 0.1) is 11.8 Å². The van der Waals surface area contributed by atoms with Gasteiger partial charge in [0.2, 0.25) is 0 Å². The maximum atomic E-state index is 13.6. The van der Waals surface area contributed by atoms with Gasteiger partial charge in [-0.1, -0.05) is 5.92 Å². The van der Waals surface area contributed by atoms with E-state index in [4.69, 9.17) is 0 Å². The highest BCUT2D eigenvalue weighted by molar-refractivity contribution is 5.70. The quantitative estimate of drug-likeness (QED) is 0.670. The van der Waals surface area contributed by atoms with Crippen molar-refractivity contribution in [2.75, 3.05) is 0 Å². The monoisotopic (exact) mass is 231 g/mol. The lowest BCUT2D eigenvalue weighted by molar-refractivity contribution is 0.532. The van der Waals surface area contributed by atoms with Gasteiger partial charge in [0.15, 0.2) is 0 Å². The van der Waals surface area contributed by atoms with Crippen molar-refractivity contribution < 1.29 is 8.78 Å². The Balaban J connectivity index is 2.37. The molecule has 0 bridgehead atoms. The molecule has 1 heterocycles. The van der Waals surface area contributed by atoms with Gasteiger partial charge in [-0.25, -0.2) is 8.78 Å². The standard InChI is InChI=1S/C14H11F2N/c1-2-3-10-6-11(9-17-8-10)13-5-4-12(15)7-14(13)16/h4,6,8-9H,5,7H2,1H3. The van der Waals surface area contributed by atoms with E-state index in [1.165, 1.54) is 6.08 Å². The molecule has 17 heavy (non-hydrogen) atoms. The van der Waals surface area contributed by atoms with Gasteiger partial charge in [0.05, 0.1) is 6.42 Å². The van der Waals surface area contributed by atoms with Crippen molar-refractivity contribution in [1.82, 2.24) is 4.98 Å². The summed E-state index contributed by atoms with van der Waals surface area (Å²) in [5, 5.41) is 0. The molecule has 1 aliphatic rings. The highest BCUT2D eigenvalue weighted by Crippen LogP contribution is 2.32. The maximum Gasteiger partial charge on any atom is 0.111 e. The van der Waals surface area contributed by atoms with E-state index in [1.807, 2.05) is 0 Å². The molecule has 0 atom stereocenters. The normalized spacial score (nSPS) is 15.1. The average Bonchev–Trinajstić information content (AvgIpc) is 2.29. The highest BCUT2D eigenvalue weighted by Gasteiger charge is 2.15. The number of nitrogens with zero attached hydrogens (tertiary/aromatic N) is 1. The largest absolute Gasteiger partial charge is 0.263 e. The maximum absolute atomic E-state index is 13.6. The van der Waals surface area contributed by atoms with E-state index in [0.717, 1.165) is 5.56 Å². The molecule has 1 aromatic rings. The Morgan fingerprint density at radius 3 is 2.82 bits per heavy atom. The summed E-state index contributed by atoms with van der Waals surface area (Å²) in [6.45, 7) is 1.73. The van der Waals surface area contributed by atoms with Gasteiger partial charge < -0.3 is 0 Å². The Morgan fingerprint density at radius 1 is 1.29 bits per heavy atom. The number of allylic oxidation sites excluding steroid dienone is 4. The Bertz CT molecular complexity index is 559. The molecule has 0 fully saturated rings. The van der Waals surface area contributed by atoms with Crippen LogP contribution in [-0.4, -0.2) is 4.98 Å². The predicted molar refractivity (Wildman–Crippen MR) is 63.2 cm³/mol. The van der Waals surface area contributed by atoms with Gasteiger partial charge in [-0.3, -0.25) is 4.98 Å². The molecule has 0 aromatic carbocycles. The molecule has 1 aromatic heterocycles. The zero-order valence-corrected chi connectivity index (χ0v) is 9.43. The van der Waals surface area contributed by atoms with Gasteiger partial charge in [0.1, 0.15) is 11.7 Å². The van der Waals surface area contributed by atoms with Crippen LogP contribution in [0.1, 0.15) is 30.9 Å². The predicted octanol–water partition coefficient (Wildman–Crippen LogP) is 3.78. The Hall–Kier alpha value is -1.95. The number of halogens is 2. The third kappa shape index (κ3) is 2.59. The molecule has 86 valence electrons. The molecule has 0 amide bonds. The van der Waals surface area contributed by atoms with Crippen LogP contribution in [0.4, 0.5) is 8.78 Å². The molecule has 3 heteroatoms. The van der Waals surface area contributed by atoms with Crippen molar-refractivity contribution in [2.45, 2.75) is 19.8 Å². The lowest BCUT2D eigenvalue weighted by atomic mass is 9.97. The van der Waals surface area contributed by atoms with Crippen LogP contribution in [0.5, 0.6) is 0 Å². The zero-order valence-electron chi connectivity index (χ0n) is 9.43. The molecule has 0 saturated carbocycles. The van der Waals surface area contributed by atoms with E-state index in [1.54, 1.807) is 25.4 Å². The molecule has 0 aliphatic heterocycles. The molecule has 2 rings (SSSR count). The minimum atomic E-state index is -0.423. The fourth-order valence-corrected chi connectivity index (χ4v) is 1.74. The van der Waals surface area contributed by atoms with Gasteiger partial charge in [-0.05, 0) is 31.1 Å². The van der Waals surface area contributed by atoms with Crippen LogP contribution < -0.4 is 0 Å². The highest BCUT2D eigenvalue weighted by atomic mass is 19.1. The summed E-state index contributed by atoms with van der Waals surface area (Å²) in [5.74, 6) is 4.79. The van der Waals surface area contributed by atoms with E-state index in [0.29, 0.717) is 11.1 Å². The summed E-state index contributed by atoms with van der Waals surface area (Å²) in [7, 11) is 0. The molecule has 0 radical (unpaired) electrons. The molecule has 0 unspecified atom stereocenters. The fraction of sp³-hybridized carbons (Fsp3) is 0.214. The summed E-state index contributed by atoms with van der Waals surface area (Å²) in [6, 6.07) is 1.77. The SMILES string of the molecule is CC#Cc1cncc(C2=C(F)CC(F)=CC2)c1. The minimum absolute atomic E-state index is 0.251. The lowest BCUT2D eigenvalue weighted by Crippen LogP contribution is -1.96. The first kappa shape index (κ1) is 11.5. The number of hydrogen-bond acceptors (Lipinski definition) is 1. The van der Waals surface area contributed by atoms with Crippen molar-refractivity contribution in [1.29, 1.82) is 0 Å². The third-order valence-electron chi connectivity index (χ3n) is 2.54. The van der Waals surface area contributed by atoms with Crippen molar-refractivity contribution in [3.05, 3.63) is 47.3 Å². The number of hydrogen-bond donors (Lipinski definition) is 0. The Morgan fingerprint density at radius 2 is 2.12 bits per heavy atom. The molecule has 0 spiro atoms. The zero-order chi connectivity index (χ0) is 12.3. The molecule has 0 N–H and O–H groups in total. The van der Waals surface area contributed by atoms with Crippen LogP contribution in [0.3, 0.4) is 0 Å². The number of aromatic nitrogens is 1. The molecule has 1 aliphatic carbocycles. The first-order chi connectivity index (χ1) is 8.20. The lowest BCUT2D eigenvalue weighted by Gasteiger charge is -2.12. The van der Waals surface area contributed by atoms with Crippen LogP contribution >= 0.6 is 0 Å². The number of pyridine rings is 1. The van der Waals surface area contributed by atoms with Crippen LogP contribution in [0.2, 0.25) is 0 Å². The molecular weight excluding hydrogens is 220 g/mol. The first-order valence-corrected chi connectivity index (χ1v) is 5.31. The van der Waals surface area contributed by atoms with Gasteiger partial charge in [-0.15, -0.1) is 5.92 Å². The molecule has 0 saturated heterocycles. The number of rotatable bonds is 1. The summed E-state index contributed by atoms with van der Waals surface area (Å²) in [4.78, 5) is 4.01. The van der Waals surface area contributed by atoms with E-state index >= 15 is 0 Å². The molecular formula is C14H11F2N. The summed E-state index contributed by atoms with van der Waals surface area (Å²) in [6.07, 6.45) is 4.61. The topological polar surface area (TPSA) is 12.9 Å². The second-order valence-corrected chi connectivity index (χ2v) is 3.75. The van der Waals surface area contributed by atoms with E-state index in [2.05, 4.69) is 16.8 Å². The van der Waals surface area contributed by atoms with E-state index < -0.39 is 11.7 Å². The summed E-state index contributed by atoms with van der Waals surface area (Å²) >= 11 is 0. The van der Waals surface area contributed by atoms with Crippen molar-refractivity contribution >= 4 is 5.57 Å². The van der Waals surface area contributed by atoms with Crippen molar-refractivity contribution in [3.8, 4) is 11.8 Å². The van der Waals surface area contributed by atoms with Crippen LogP contribution in [-0.2, 0) is 0 Å². The Kier molecular flexibility index (Phi) is 3.34. The molecule has 1 nitrogen and oxygen atoms in total. The second-order valence-electron chi connectivity index (χ2n) is 3.75.